The van der Waals surface area contributed by atoms with Gasteiger partial charge in [0.15, 0.2) is 0 Å². The molecule has 1 aromatic rings. The average molecular weight is 297 g/mol. The summed E-state index contributed by atoms with van der Waals surface area (Å²) in [6.07, 6.45) is 0.333. The monoisotopic (exact) mass is 297 g/mol. The number of rotatable bonds is 6. The fourth-order valence-electron chi connectivity index (χ4n) is 2.05. The molecule has 2 heterocycles. The van der Waals surface area contributed by atoms with E-state index in [0.29, 0.717) is 31.5 Å². The molecule has 1 aliphatic heterocycles. The fourth-order valence-corrected chi connectivity index (χ4v) is 2.05. The van der Waals surface area contributed by atoms with E-state index in [2.05, 4.69) is 25.6 Å². The fraction of sp³-hybridized carbons (Fsp3) is 0.769. The van der Waals surface area contributed by atoms with Gasteiger partial charge in [-0.1, -0.05) is 0 Å². The first-order valence-corrected chi connectivity index (χ1v) is 7.11. The Bertz CT molecular complexity index is 485. The van der Waals surface area contributed by atoms with Crippen LogP contribution < -0.4 is 15.4 Å². The molecule has 0 aromatic carbocycles. The van der Waals surface area contributed by atoms with Gasteiger partial charge in [0, 0.05) is 26.6 Å². The zero-order valence-corrected chi connectivity index (χ0v) is 12.9. The third-order valence-electron chi connectivity index (χ3n) is 3.39. The van der Waals surface area contributed by atoms with Crippen molar-refractivity contribution < 1.29 is 14.6 Å². The van der Waals surface area contributed by atoms with Crippen LogP contribution in [0.4, 0.5) is 11.9 Å². The van der Waals surface area contributed by atoms with E-state index < -0.39 is 5.60 Å². The van der Waals surface area contributed by atoms with E-state index in [1.54, 1.807) is 7.05 Å². The van der Waals surface area contributed by atoms with Crippen molar-refractivity contribution in [3.63, 3.8) is 0 Å². The molecule has 1 aromatic heterocycles. The van der Waals surface area contributed by atoms with Gasteiger partial charge in [-0.25, -0.2) is 0 Å². The van der Waals surface area contributed by atoms with Gasteiger partial charge in [-0.2, -0.15) is 15.0 Å². The van der Waals surface area contributed by atoms with E-state index in [0.717, 1.165) is 0 Å². The van der Waals surface area contributed by atoms with E-state index in [1.807, 2.05) is 20.8 Å². The normalized spacial score (nSPS) is 25.1. The predicted molar refractivity (Wildman–Crippen MR) is 78.6 cm³/mol. The van der Waals surface area contributed by atoms with Gasteiger partial charge < -0.3 is 25.2 Å². The van der Waals surface area contributed by atoms with E-state index in [1.165, 1.54) is 0 Å². The number of aromatic nitrogens is 3. The maximum atomic E-state index is 10.5. The van der Waals surface area contributed by atoms with Crippen LogP contribution >= 0.6 is 0 Å². The molecule has 0 aliphatic carbocycles. The van der Waals surface area contributed by atoms with E-state index in [4.69, 9.17) is 9.47 Å². The van der Waals surface area contributed by atoms with Crippen molar-refractivity contribution in [3.8, 4) is 6.01 Å². The van der Waals surface area contributed by atoms with Crippen LogP contribution in [-0.2, 0) is 4.74 Å². The summed E-state index contributed by atoms with van der Waals surface area (Å²) in [5, 5.41) is 16.3. The molecule has 8 nitrogen and oxygen atoms in total. The lowest BCUT2D eigenvalue weighted by Gasteiger charge is -2.26. The van der Waals surface area contributed by atoms with Crippen molar-refractivity contribution in [2.45, 2.75) is 45.0 Å². The lowest BCUT2D eigenvalue weighted by Crippen LogP contribution is -2.43. The van der Waals surface area contributed by atoms with Gasteiger partial charge in [-0.15, -0.1) is 0 Å². The molecule has 0 bridgehead atoms. The number of aliphatic hydroxyl groups is 1. The molecule has 0 saturated carbocycles. The maximum absolute atomic E-state index is 10.5. The Hall–Kier alpha value is -1.67. The van der Waals surface area contributed by atoms with Crippen LogP contribution in [0.25, 0.3) is 0 Å². The number of hydrogen-bond donors (Lipinski definition) is 3. The Morgan fingerprint density at radius 1 is 1.38 bits per heavy atom. The number of hydrogen-bond acceptors (Lipinski definition) is 8. The van der Waals surface area contributed by atoms with Crippen molar-refractivity contribution in [2.75, 3.05) is 30.8 Å². The predicted octanol–water partition coefficient (Wildman–Crippen LogP) is 0.652. The number of nitrogens with zero attached hydrogens (tertiary/aromatic N) is 3. The van der Waals surface area contributed by atoms with Crippen LogP contribution in [0.15, 0.2) is 0 Å². The molecular weight excluding hydrogens is 274 g/mol. The van der Waals surface area contributed by atoms with Gasteiger partial charge in [-0.05, 0) is 20.8 Å². The molecule has 2 unspecified atom stereocenters. The molecule has 1 fully saturated rings. The van der Waals surface area contributed by atoms with Crippen molar-refractivity contribution in [2.24, 2.45) is 0 Å². The zero-order valence-electron chi connectivity index (χ0n) is 12.9. The molecule has 21 heavy (non-hydrogen) atoms. The third-order valence-corrected chi connectivity index (χ3v) is 3.39. The topological polar surface area (TPSA) is 101 Å². The Balaban J connectivity index is 2.08. The summed E-state index contributed by atoms with van der Waals surface area (Å²) in [5.41, 5.74) is -0.911. The summed E-state index contributed by atoms with van der Waals surface area (Å²) in [6.45, 7) is 6.52. The van der Waals surface area contributed by atoms with Gasteiger partial charge in [0.05, 0.1) is 12.2 Å². The number of ether oxygens (including phenoxy) is 2. The first kappa shape index (κ1) is 15.7. The van der Waals surface area contributed by atoms with Crippen LogP contribution in [0.5, 0.6) is 6.01 Å². The standard InChI is InChI=1S/C13H23N5O3/c1-8(2)21-12-17-10(14-4)16-11(18-12)15-7-13(19)5-6-20-9(13)3/h8-9,19H,5-7H2,1-4H3,(H2,14,15,16,17,18). The second-order valence-corrected chi connectivity index (χ2v) is 5.40. The average Bonchev–Trinajstić information content (AvgIpc) is 2.76. The lowest BCUT2D eigenvalue weighted by atomic mass is 9.97. The summed E-state index contributed by atoms with van der Waals surface area (Å²) in [7, 11) is 1.72. The first-order chi connectivity index (χ1) is 9.93. The Kier molecular flexibility index (Phi) is 4.79. The highest BCUT2D eigenvalue weighted by Gasteiger charge is 2.39. The van der Waals surface area contributed by atoms with Crippen molar-refractivity contribution in [3.05, 3.63) is 0 Å². The second kappa shape index (κ2) is 6.40. The molecular formula is C13H23N5O3. The van der Waals surface area contributed by atoms with Crippen LogP contribution in [0.2, 0.25) is 0 Å². The summed E-state index contributed by atoms with van der Waals surface area (Å²) in [4.78, 5) is 12.5. The van der Waals surface area contributed by atoms with Gasteiger partial charge in [-0.3, -0.25) is 0 Å². The van der Waals surface area contributed by atoms with Crippen LogP contribution in [0.1, 0.15) is 27.2 Å². The van der Waals surface area contributed by atoms with Crippen LogP contribution in [0.3, 0.4) is 0 Å². The van der Waals surface area contributed by atoms with Gasteiger partial charge in [0.2, 0.25) is 11.9 Å². The Morgan fingerprint density at radius 3 is 2.67 bits per heavy atom. The highest BCUT2D eigenvalue weighted by atomic mass is 16.5. The summed E-state index contributed by atoms with van der Waals surface area (Å²) in [5.74, 6) is 0.767. The van der Waals surface area contributed by atoms with Gasteiger partial charge in [0.1, 0.15) is 5.60 Å². The number of nitrogens with one attached hydrogen (secondary N) is 2. The molecule has 2 rings (SSSR count). The van der Waals surface area contributed by atoms with Gasteiger partial charge in [0.25, 0.3) is 0 Å². The minimum absolute atomic E-state index is 0.0302. The highest BCUT2D eigenvalue weighted by Crippen LogP contribution is 2.25. The maximum Gasteiger partial charge on any atom is 0.323 e. The van der Waals surface area contributed by atoms with Crippen LogP contribution in [-0.4, -0.2) is 58.1 Å². The van der Waals surface area contributed by atoms with Crippen molar-refractivity contribution in [1.29, 1.82) is 0 Å². The minimum atomic E-state index is -0.911. The molecule has 1 saturated heterocycles. The molecule has 8 heteroatoms. The smallest absolute Gasteiger partial charge is 0.323 e. The minimum Gasteiger partial charge on any atom is -0.461 e. The molecule has 118 valence electrons. The van der Waals surface area contributed by atoms with E-state index in [9.17, 15) is 5.11 Å². The van der Waals surface area contributed by atoms with E-state index in [-0.39, 0.29) is 18.2 Å². The second-order valence-electron chi connectivity index (χ2n) is 5.40. The van der Waals surface area contributed by atoms with Crippen molar-refractivity contribution in [1.82, 2.24) is 15.0 Å². The van der Waals surface area contributed by atoms with Crippen molar-refractivity contribution >= 4 is 11.9 Å². The SMILES string of the molecule is CNc1nc(NCC2(O)CCOC2C)nc(OC(C)C)n1. The molecule has 0 amide bonds. The first-order valence-electron chi connectivity index (χ1n) is 7.11. The van der Waals surface area contributed by atoms with Crippen LogP contribution in [0, 0.1) is 0 Å². The van der Waals surface area contributed by atoms with E-state index >= 15 is 0 Å². The third kappa shape index (κ3) is 3.92. The molecule has 0 radical (unpaired) electrons. The summed E-state index contributed by atoms with van der Waals surface area (Å²) < 4.78 is 10.9. The molecule has 2 atom stereocenters. The van der Waals surface area contributed by atoms with Gasteiger partial charge >= 0.3 is 6.01 Å². The molecule has 3 N–H and O–H groups in total. The summed E-state index contributed by atoms with van der Waals surface area (Å²) in [6, 6.07) is 0.245. The molecule has 1 aliphatic rings. The largest absolute Gasteiger partial charge is 0.461 e. The Morgan fingerprint density at radius 2 is 2.10 bits per heavy atom. The number of anilines is 2. The lowest BCUT2D eigenvalue weighted by molar-refractivity contribution is -0.0177. The summed E-state index contributed by atoms with van der Waals surface area (Å²) >= 11 is 0. The zero-order chi connectivity index (χ0) is 15.5. The Labute approximate surface area is 124 Å². The highest BCUT2D eigenvalue weighted by molar-refractivity contribution is 5.35. The molecule has 0 spiro atoms. The quantitative estimate of drug-likeness (QED) is 0.703.